The average Bonchev–Trinajstić information content (AvgIpc) is 2.90. The minimum Gasteiger partial charge on any atom is -0.377 e. The van der Waals surface area contributed by atoms with E-state index in [0.717, 1.165) is 30.3 Å². The van der Waals surface area contributed by atoms with Crippen LogP contribution >= 0.6 is 0 Å². The van der Waals surface area contributed by atoms with Crippen molar-refractivity contribution in [2.75, 3.05) is 37.6 Å². The second kappa shape index (κ2) is 6.55. The van der Waals surface area contributed by atoms with Crippen LogP contribution in [0.4, 0.5) is 11.6 Å². The fourth-order valence-corrected chi connectivity index (χ4v) is 2.60. The van der Waals surface area contributed by atoms with Crippen LogP contribution in [-0.2, 0) is 9.47 Å². The molecule has 0 spiro atoms. The monoisotopic (exact) mass is 295 g/mol. The van der Waals surface area contributed by atoms with Gasteiger partial charge in [-0.3, -0.25) is 0 Å². The SMILES string of the molecule is COC1CN(c2nc(C(C)C)nc(NN)c2C)CC1OC. The Balaban J connectivity index is 2.37. The fraction of sp³-hybridized carbons (Fsp3) is 0.714. The molecular formula is C14H25N5O2. The van der Waals surface area contributed by atoms with Gasteiger partial charge in [0.05, 0.1) is 0 Å². The van der Waals surface area contributed by atoms with Gasteiger partial charge in [0.15, 0.2) is 0 Å². The molecule has 1 aliphatic rings. The summed E-state index contributed by atoms with van der Waals surface area (Å²) in [7, 11) is 3.42. The number of rotatable bonds is 5. The number of hydrogen-bond donors (Lipinski definition) is 2. The summed E-state index contributed by atoms with van der Waals surface area (Å²) in [5.41, 5.74) is 3.60. The molecule has 0 amide bonds. The molecule has 2 unspecified atom stereocenters. The lowest BCUT2D eigenvalue weighted by molar-refractivity contribution is -0.00461. The van der Waals surface area contributed by atoms with Crippen LogP contribution < -0.4 is 16.2 Å². The first-order valence-corrected chi connectivity index (χ1v) is 7.17. The van der Waals surface area contributed by atoms with Crippen molar-refractivity contribution in [3.05, 3.63) is 11.4 Å². The highest BCUT2D eigenvalue weighted by Gasteiger charge is 2.35. The van der Waals surface area contributed by atoms with Crippen molar-refractivity contribution < 1.29 is 9.47 Å². The van der Waals surface area contributed by atoms with Gasteiger partial charge in [0.2, 0.25) is 0 Å². The first-order chi connectivity index (χ1) is 10.0. The number of nitrogens with zero attached hydrogens (tertiary/aromatic N) is 3. The second-order valence-corrected chi connectivity index (χ2v) is 5.63. The summed E-state index contributed by atoms with van der Waals surface area (Å²) >= 11 is 0. The van der Waals surface area contributed by atoms with Crippen LogP contribution in [0.2, 0.25) is 0 Å². The normalized spacial score (nSPS) is 22.1. The summed E-state index contributed by atoms with van der Waals surface area (Å²) in [6, 6.07) is 0. The molecule has 2 rings (SSSR count). The maximum Gasteiger partial charge on any atom is 0.148 e. The summed E-state index contributed by atoms with van der Waals surface area (Å²) in [4.78, 5) is 11.3. The summed E-state index contributed by atoms with van der Waals surface area (Å²) in [5.74, 6) is 8.15. The predicted octanol–water partition coefficient (Wildman–Crippen LogP) is 1.04. The molecule has 1 saturated heterocycles. The van der Waals surface area contributed by atoms with E-state index in [2.05, 4.69) is 29.2 Å². The standard InChI is InChI=1S/C14H25N5O2/c1-8(2)12-16-13(18-15)9(3)14(17-12)19-6-10(20-4)11(7-19)21-5/h8,10-11H,6-7,15H2,1-5H3,(H,16,17,18). The first kappa shape index (κ1) is 15.9. The van der Waals surface area contributed by atoms with E-state index in [1.807, 2.05) is 6.92 Å². The van der Waals surface area contributed by atoms with Crippen molar-refractivity contribution in [2.24, 2.45) is 5.84 Å². The third kappa shape index (κ3) is 3.09. The van der Waals surface area contributed by atoms with Gasteiger partial charge in [-0.25, -0.2) is 15.8 Å². The lowest BCUT2D eigenvalue weighted by Crippen LogP contribution is -2.27. The molecule has 2 heterocycles. The van der Waals surface area contributed by atoms with Gasteiger partial charge in [-0.15, -0.1) is 0 Å². The van der Waals surface area contributed by atoms with Crippen molar-refractivity contribution in [3.63, 3.8) is 0 Å². The predicted molar refractivity (Wildman–Crippen MR) is 82.5 cm³/mol. The van der Waals surface area contributed by atoms with E-state index < -0.39 is 0 Å². The summed E-state index contributed by atoms with van der Waals surface area (Å²) in [5, 5.41) is 0. The molecule has 0 bridgehead atoms. The van der Waals surface area contributed by atoms with Gasteiger partial charge in [0, 0.05) is 38.8 Å². The van der Waals surface area contributed by atoms with E-state index >= 15 is 0 Å². The highest BCUT2D eigenvalue weighted by Crippen LogP contribution is 2.29. The van der Waals surface area contributed by atoms with E-state index in [4.69, 9.17) is 20.3 Å². The molecule has 21 heavy (non-hydrogen) atoms. The van der Waals surface area contributed by atoms with Crippen molar-refractivity contribution in [1.29, 1.82) is 0 Å². The Morgan fingerprint density at radius 3 is 2.19 bits per heavy atom. The fourth-order valence-electron chi connectivity index (χ4n) is 2.60. The third-order valence-electron chi connectivity index (χ3n) is 3.91. The van der Waals surface area contributed by atoms with Gasteiger partial charge in [-0.1, -0.05) is 13.8 Å². The minimum absolute atomic E-state index is 0.0427. The highest BCUT2D eigenvalue weighted by atomic mass is 16.5. The lowest BCUT2D eigenvalue weighted by atomic mass is 10.2. The Bertz CT molecular complexity index is 482. The maximum atomic E-state index is 5.59. The van der Waals surface area contributed by atoms with E-state index in [0.29, 0.717) is 5.82 Å². The Kier molecular flexibility index (Phi) is 4.97. The lowest BCUT2D eigenvalue weighted by Gasteiger charge is -2.22. The van der Waals surface area contributed by atoms with E-state index in [-0.39, 0.29) is 18.1 Å². The summed E-state index contributed by atoms with van der Waals surface area (Å²) in [6.07, 6.45) is 0.0855. The van der Waals surface area contributed by atoms with Gasteiger partial charge in [-0.2, -0.15) is 0 Å². The van der Waals surface area contributed by atoms with E-state index in [1.54, 1.807) is 14.2 Å². The third-order valence-corrected chi connectivity index (χ3v) is 3.91. The van der Waals surface area contributed by atoms with E-state index in [9.17, 15) is 0 Å². The molecular weight excluding hydrogens is 270 g/mol. The van der Waals surface area contributed by atoms with Crippen molar-refractivity contribution in [2.45, 2.75) is 38.9 Å². The molecule has 3 N–H and O–H groups in total. The van der Waals surface area contributed by atoms with Crippen LogP contribution in [0.5, 0.6) is 0 Å². The number of nitrogens with two attached hydrogens (primary N) is 1. The van der Waals surface area contributed by atoms with Gasteiger partial charge in [-0.05, 0) is 6.92 Å². The summed E-state index contributed by atoms with van der Waals surface area (Å²) < 4.78 is 11.0. The Morgan fingerprint density at radius 2 is 1.76 bits per heavy atom. The zero-order valence-corrected chi connectivity index (χ0v) is 13.4. The number of hydrazine groups is 1. The van der Waals surface area contributed by atoms with Crippen LogP contribution in [-0.4, -0.2) is 49.5 Å². The number of anilines is 2. The average molecular weight is 295 g/mol. The Hall–Kier alpha value is -1.44. The van der Waals surface area contributed by atoms with Crippen molar-refractivity contribution >= 4 is 11.6 Å². The smallest absolute Gasteiger partial charge is 0.148 e. The summed E-state index contributed by atoms with van der Waals surface area (Å²) in [6.45, 7) is 7.59. The maximum absolute atomic E-state index is 5.59. The number of ether oxygens (including phenoxy) is 2. The molecule has 0 aromatic carbocycles. The topological polar surface area (TPSA) is 85.5 Å². The molecule has 1 aliphatic heterocycles. The van der Waals surface area contributed by atoms with Crippen molar-refractivity contribution in [1.82, 2.24) is 9.97 Å². The molecule has 0 aliphatic carbocycles. The quantitative estimate of drug-likeness (QED) is 0.620. The molecule has 7 nitrogen and oxygen atoms in total. The van der Waals surface area contributed by atoms with Crippen molar-refractivity contribution in [3.8, 4) is 0 Å². The highest BCUT2D eigenvalue weighted by molar-refractivity contribution is 5.59. The van der Waals surface area contributed by atoms with Crippen LogP contribution in [0, 0.1) is 6.92 Å². The molecule has 118 valence electrons. The van der Waals surface area contributed by atoms with Crippen LogP contribution in [0.1, 0.15) is 31.2 Å². The van der Waals surface area contributed by atoms with Gasteiger partial charge in [0.1, 0.15) is 29.7 Å². The minimum atomic E-state index is 0.0427. The van der Waals surface area contributed by atoms with Gasteiger partial charge in [0.25, 0.3) is 0 Å². The molecule has 1 fully saturated rings. The number of nitrogens with one attached hydrogen (secondary N) is 1. The largest absolute Gasteiger partial charge is 0.377 e. The molecule has 0 radical (unpaired) electrons. The van der Waals surface area contributed by atoms with Gasteiger partial charge >= 0.3 is 0 Å². The zero-order chi connectivity index (χ0) is 15.6. The molecule has 1 aromatic rings. The molecule has 0 saturated carbocycles. The number of nitrogen functional groups attached to an aromatic ring is 1. The number of methoxy groups -OCH3 is 2. The van der Waals surface area contributed by atoms with Crippen LogP contribution in [0.3, 0.4) is 0 Å². The first-order valence-electron chi connectivity index (χ1n) is 7.17. The molecule has 2 atom stereocenters. The number of aromatic nitrogens is 2. The van der Waals surface area contributed by atoms with E-state index in [1.165, 1.54) is 0 Å². The van der Waals surface area contributed by atoms with Gasteiger partial charge < -0.3 is 19.8 Å². The second-order valence-electron chi connectivity index (χ2n) is 5.63. The molecule has 7 heteroatoms. The Morgan fingerprint density at radius 1 is 1.19 bits per heavy atom. The Labute approximate surface area is 125 Å². The molecule has 1 aromatic heterocycles. The van der Waals surface area contributed by atoms with Crippen LogP contribution in [0.25, 0.3) is 0 Å². The van der Waals surface area contributed by atoms with Crippen LogP contribution in [0.15, 0.2) is 0 Å². The number of hydrogen-bond acceptors (Lipinski definition) is 7. The zero-order valence-electron chi connectivity index (χ0n) is 13.4.